The second kappa shape index (κ2) is 6.28. The molecule has 2 aromatic rings. The van der Waals surface area contributed by atoms with E-state index in [4.69, 9.17) is 10.5 Å². The van der Waals surface area contributed by atoms with Crippen molar-refractivity contribution >= 4 is 26.9 Å². The molecule has 1 heterocycles. The Hall–Kier alpha value is -1.53. The Bertz CT molecular complexity index is 664. The molecule has 0 radical (unpaired) electrons. The summed E-state index contributed by atoms with van der Waals surface area (Å²) in [6.07, 6.45) is 0.498. The maximum Gasteiger partial charge on any atom is 0.180 e. The number of rotatable bonds is 6. The average Bonchev–Trinajstić information content (AvgIpc) is 2.92. The van der Waals surface area contributed by atoms with E-state index < -0.39 is 9.84 Å². The molecular formula is C14H17NO3S2. The second-order valence-corrected chi connectivity index (χ2v) is 7.39. The third kappa shape index (κ3) is 3.52. The highest BCUT2D eigenvalue weighted by atomic mass is 32.2. The van der Waals surface area contributed by atoms with Crippen LogP contribution >= 0.6 is 11.3 Å². The maximum atomic E-state index is 12.4. The number of hydrogen-bond donors (Lipinski definition) is 1. The van der Waals surface area contributed by atoms with Gasteiger partial charge in [-0.2, -0.15) is 0 Å². The van der Waals surface area contributed by atoms with Crippen molar-refractivity contribution in [3.63, 3.8) is 0 Å². The lowest BCUT2D eigenvalue weighted by atomic mass is 10.3. The van der Waals surface area contributed by atoms with Gasteiger partial charge in [0, 0.05) is 10.9 Å². The molecule has 0 aliphatic heterocycles. The number of benzene rings is 1. The largest absolute Gasteiger partial charge is 0.494 e. The highest BCUT2D eigenvalue weighted by molar-refractivity contribution is 7.91. The molecule has 0 amide bonds. The van der Waals surface area contributed by atoms with Crippen LogP contribution < -0.4 is 10.5 Å². The van der Waals surface area contributed by atoms with Crippen LogP contribution in [0.25, 0.3) is 0 Å². The lowest BCUT2D eigenvalue weighted by molar-refractivity contribution is 0.339. The molecule has 1 aromatic heterocycles. The van der Waals surface area contributed by atoms with Crippen LogP contribution in [0, 0.1) is 0 Å². The van der Waals surface area contributed by atoms with E-state index in [1.807, 2.05) is 24.4 Å². The number of hydrogen-bond acceptors (Lipinski definition) is 5. The standard InChI is InChI=1S/C14H17NO3S2/c1-2-18-11-5-6-13(15)14(10-11)20(16,17)9-7-12-4-3-8-19-12/h3-6,8,10H,2,7,9,15H2,1H3. The molecule has 0 unspecified atom stereocenters. The fourth-order valence-corrected chi connectivity index (χ4v) is 4.11. The molecular weight excluding hydrogens is 294 g/mol. The van der Waals surface area contributed by atoms with E-state index in [-0.39, 0.29) is 16.3 Å². The van der Waals surface area contributed by atoms with Crippen molar-refractivity contribution in [3.8, 4) is 5.75 Å². The summed E-state index contributed by atoms with van der Waals surface area (Å²) in [6, 6.07) is 8.60. The van der Waals surface area contributed by atoms with Gasteiger partial charge in [0.1, 0.15) is 5.75 Å². The van der Waals surface area contributed by atoms with Gasteiger partial charge >= 0.3 is 0 Å². The number of ether oxygens (including phenoxy) is 1. The van der Waals surface area contributed by atoms with E-state index >= 15 is 0 Å². The molecule has 2 rings (SSSR count). The number of nitrogens with two attached hydrogens (primary N) is 1. The zero-order valence-electron chi connectivity index (χ0n) is 11.2. The Morgan fingerprint density at radius 2 is 2.10 bits per heavy atom. The number of anilines is 1. The monoisotopic (exact) mass is 311 g/mol. The summed E-state index contributed by atoms with van der Waals surface area (Å²) < 4.78 is 30.1. The van der Waals surface area contributed by atoms with E-state index in [2.05, 4.69) is 0 Å². The lowest BCUT2D eigenvalue weighted by Gasteiger charge is -2.10. The fourth-order valence-electron chi connectivity index (χ4n) is 1.84. The Morgan fingerprint density at radius 1 is 1.30 bits per heavy atom. The first-order valence-electron chi connectivity index (χ1n) is 6.30. The van der Waals surface area contributed by atoms with Gasteiger partial charge in [-0.25, -0.2) is 8.42 Å². The lowest BCUT2D eigenvalue weighted by Crippen LogP contribution is -2.11. The average molecular weight is 311 g/mol. The molecule has 0 aliphatic rings. The number of nitrogen functional groups attached to an aromatic ring is 1. The molecule has 1 aromatic carbocycles. The van der Waals surface area contributed by atoms with Gasteiger partial charge in [0.25, 0.3) is 0 Å². The fraction of sp³-hybridized carbons (Fsp3) is 0.286. The minimum Gasteiger partial charge on any atom is -0.494 e. The predicted molar refractivity (Wildman–Crippen MR) is 82.1 cm³/mol. The highest BCUT2D eigenvalue weighted by Gasteiger charge is 2.19. The van der Waals surface area contributed by atoms with E-state index in [0.717, 1.165) is 4.88 Å². The number of thiophene rings is 1. The Morgan fingerprint density at radius 3 is 2.75 bits per heavy atom. The van der Waals surface area contributed by atoms with E-state index in [1.165, 1.54) is 6.07 Å². The van der Waals surface area contributed by atoms with Gasteiger partial charge in [0.15, 0.2) is 9.84 Å². The zero-order valence-corrected chi connectivity index (χ0v) is 12.8. The molecule has 6 heteroatoms. The van der Waals surface area contributed by atoms with Crippen LogP contribution in [-0.4, -0.2) is 20.8 Å². The first kappa shape index (κ1) is 14.9. The first-order valence-corrected chi connectivity index (χ1v) is 8.83. The molecule has 0 aliphatic carbocycles. The number of aryl methyl sites for hydroxylation is 1. The Kier molecular flexibility index (Phi) is 4.67. The van der Waals surface area contributed by atoms with Gasteiger partial charge in [-0.05, 0) is 36.9 Å². The molecule has 0 saturated carbocycles. The maximum absolute atomic E-state index is 12.4. The minimum absolute atomic E-state index is 0.0489. The van der Waals surface area contributed by atoms with E-state index in [9.17, 15) is 8.42 Å². The van der Waals surface area contributed by atoms with Gasteiger partial charge in [0.2, 0.25) is 0 Å². The minimum atomic E-state index is -3.41. The quantitative estimate of drug-likeness (QED) is 0.833. The van der Waals surface area contributed by atoms with Crippen molar-refractivity contribution in [2.45, 2.75) is 18.2 Å². The normalized spacial score (nSPS) is 11.4. The molecule has 20 heavy (non-hydrogen) atoms. The molecule has 0 bridgehead atoms. The predicted octanol–water partition coefficient (Wildman–Crippen LogP) is 2.75. The second-order valence-electron chi connectivity index (χ2n) is 4.28. The van der Waals surface area contributed by atoms with Crippen molar-refractivity contribution in [2.24, 2.45) is 0 Å². The Balaban J connectivity index is 2.21. The third-order valence-electron chi connectivity index (χ3n) is 2.83. The molecule has 0 atom stereocenters. The van der Waals surface area contributed by atoms with Gasteiger partial charge in [-0.3, -0.25) is 0 Å². The summed E-state index contributed by atoms with van der Waals surface area (Å²) >= 11 is 1.55. The molecule has 4 nitrogen and oxygen atoms in total. The SMILES string of the molecule is CCOc1ccc(N)c(S(=O)(=O)CCc2cccs2)c1. The van der Waals surface area contributed by atoms with Crippen LogP contribution in [0.15, 0.2) is 40.6 Å². The smallest absolute Gasteiger partial charge is 0.180 e. The Labute approximate surface area is 123 Å². The van der Waals surface area contributed by atoms with E-state index in [1.54, 1.807) is 23.5 Å². The van der Waals surface area contributed by atoms with Crippen LogP contribution in [-0.2, 0) is 16.3 Å². The summed E-state index contributed by atoms with van der Waals surface area (Å²) in [5.41, 5.74) is 6.05. The van der Waals surface area contributed by atoms with Crippen LogP contribution in [0.2, 0.25) is 0 Å². The van der Waals surface area contributed by atoms with Crippen molar-refractivity contribution in [3.05, 3.63) is 40.6 Å². The summed E-state index contributed by atoms with van der Waals surface area (Å²) in [5.74, 6) is 0.573. The summed E-state index contributed by atoms with van der Waals surface area (Å²) in [5, 5.41) is 1.94. The van der Waals surface area contributed by atoms with Crippen molar-refractivity contribution in [2.75, 3.05) is 18.1 Å². The van der Waals surface area contributed by atoms with Gasteiger partial charge in [-0.15, -0.1) is 11.3 Å². The van der Waals surface area contributed by atoms with Crippen LogP contribution in [0.4, 0.5) is 5.69 Å². The van der Waals surface area contributed by atoms with Gasteiger partial charge in [-0.1, -0.05) is 6.07 Å². The topological polar surface area (TPSA) is 69.4 Å². The van der Waals surface area contributed by atoms with Gasteiger partial charge < -0.3 is 10.5 Å². The molecule has 0 saturated heterocycles. The van der Waals surface area contributed by atoms with Crippen molar-refractivity contribution < 1.29 is 13.2 Å². The summed E-state index contributed by atoms with van der Waals surface area (Å²) in [4.78, 5) is 1.20. The van der Waals surface area contributed by atoms with E-state index in [0.29, 0.717) is 18.8 Å². The highest BCUT2D eigenvalue weighted by Crippen LogP contribution is 2.26. The molecule has 108 valence electrons. The van der Waals surface area contributed by atoms with Crippen molar-refractivity contribution in [1.29, 1.82) is 0 Å². The van der Waals surface area contributed by atoms with Crippen LogP contribution in [0.1, 0.15) is 11.8 Å². The van der Waals surface area contributed by atoms with Crippen molar-refractivity contribution in [1.82, 2.24) is 0 Å². The zero-order chi connectivity index (χ0) is 14.6. The first-order chi connectivity index (χ1) is 9.53. The third-order valence-corrected chi connectivity index (χ3v) is 5.53. The summed E-state index contributed by atoms with van der Waals surface area (Å²) in [7, 11) is -3.41. The molecule has 2 N–H and O–H groups in total. The van der Waals surface area contributed by atoms with Crippen LogP contribution in [0.5, 0.6) is 5.75 Å². The van der Waals surface area contributed by atoms with Crippen LogP contribution in [0.3, 0.4) is 0 Å². The molecule has 0 fully saturated rings. The van der Waals surface area contributed by atoms with Gasteiger partial charge in [0.05, 0.1) is 22.9 Å². The molecule has 0 spiro atoms. The summed E-state index contributed by atoms with van der Waals surface area (Å²) in [6.45, 7) is 2.33. The number of sulfone groups is 1.